The van der Waals surface area contributed by atoms with E-state index in [-0.39, 0.29) is 23.8 Å². The van der Waals surface area contributed by atoms with E-state index < -0.39 is 5.97 Å². The van der Waals surface area contributed by atoms with Gasteiger partial charge in [-0.05, 0) is 38.6 Å². The molecule has 0 saturated carbocycles. The highest BCUT2D eigenvalue weighted by atomic mass is 16.4. The highest BCUT2D eigenvalue weighted by molar-refractivity contribution is 5.84. The summed E-state index contributed by atoms with van der Waals surface area (Å²) in [5, 5.41) is 12.4. The Morgan fingerprint density at radius 3 is 2.80 bits per heavy atom. The molecule has 0 aliphatic carbocycles. The largest absolute Gasteiger partial charge is 0.481 e. The normalized spacial score (nSPS) is 30.4. The predicted octanol–water partition coefficient (Wildman–Crippen LogP) is 1.62. The van der Waals surface area contributed by atoms with Crippen molar-refractivity contribution in [1.29, 1.82) is 0 Å². The number of rotatable bonds is 5. The SMILES string of the molecule is CCCC1(C(=O)N2CCCC2CC(=O)O)CCCNC1. The number of carbonyl (C=O) groups is 2. The van der Waals surface area contributed by atoms with Gasteiger partial charge in [0.15, 0.2) is 0 Å². The molecule has 5 nitrogen and oxygen atoms in total. The van der Waals surface area contributed by atoms with E-state index in [1.165, 1.54) is 0 Å². The van der Waals surface area contributed by atoms with Crippen LogP contribution < -0.4 is 5.32 Å². The van der Waals surface area contributed by atoms with Gasteiger partial charge in [0.25, 0.3) is 0 Å². The quantitative estimate of drug-likeness (QED) is 0.804. The molecule has 0 aromatic rings. The number of likely N-dealkylation sites (tertiary alicyclic amines) is 1. The van der Waals surface area contributed by atoms with Crippen molar-refractivity contribution in [1.82, 2.24) is 10.2 Å². The maximum atomic E-state index is 13.0. The second-order valence-corrected chi connectivity index (χ2v) is 6.20. The number of hydrogen-bond acceptors (Lipinski definition) is 3. The van der Waals surface area contributed by atoms with Crippen LogP contribution in [0.2, 0.25) is 0 Å². The van der Waals surface area contributed by atoms with Gasteiger partial charge in [0.1, 0.15) is 0 Å². The molecule has 2 heterocycles. The molecule has 1 amide bonds. The highest BCUT2D eigenvalue weighted by Gasteiger charge is 2.44. The van der Waals surface area contributed by atoms with Gasteiger partial charge in [-0.1, -0.05) is 13.3 Å². The van der Waals surface area contributed by atoms with Gasteiger partial charge in [0.05, 0.1) is 11.8 Å². The fourth-order valence-electron chi connectivity index (χ4n) is 3.77. The lowest BCUT2D eigenvalue weighted by molar-refractivity contribution is -0.146. The van der Waals surface area contributed by atoms with Gasteiger partial charge in [-0.15, -0.1) is 0 Å². The summed E-state index contributed by atoms with van der Waals surface area (Å²) in [6, 6.07) is -0.101. The van der Waals surface area contributed by atoms with Crippen molar-refractivity contribution in [2.45, 2.75) is 57.9 Å². The molecule has 2 rings (SSSR count). The Bertz CT molecular complexity index is 359. The molecule has 2 aliphatic rings. The summed E-state index contributed by atoms with van der Waals surface area (Å²) in [6.07, 6.45) is 5.69. The number of carboxylic acid groups (broad SMARTS) is 1. The summed E-state index contributed by atoms with van der Waals surface area (Å²) in [7, 11) is 0. The van der Waals surface area contributed by atoms with Crippen LogP contribution in [-0.4, -0.2) is 47.6 Å². The van der Waals surface area contributed by atoms with Crippen LogP contribution >= 0.6 is 0 Å². The molecule has 2 fully saturated rings. The van der Waals surface area contributed by atoms with Gasteiger partial charge >= 0.3 is 5.97 Å². The van der Waals surface area contributed by atoms with Gasteiger partial charge in [-0.2, -0.15) is 0 Å². The number of nitrogens with one attached hydrogen (secondary N) is 1. The van der Waals surface area contributed by atoms with Crippen molar-refractivity contribution in [2.75, 3.05) is 19.6 Å². The molecule has 0 aromatic carbocycles. The Morgan fingerprint density at radius 2 is 2.20 bits per heavy atom. The van der Waals surface area contributed by atoms with E-state index in [0.29, 0.717) is 0 Å². The van der Waals surface area contributed by atoms with Crippen LogP contribution in [0.5, 0.6) is 0 Å². The summed E-state index contributed by atoms with van der Waals surface area (Å²) >= 11 is 0. The van der Waals surface area contributed by atoms with Crippen molar-refractivity contribution >= 4 is 11.9 Å². The number of carbonyl (C=O) groups excluding carboxylic acids is 1. The first kappa shape index (κ1) is 15.3. The molecule has 2 saturated heterocycles. The summed E-state index contributed by atoms with van der Waals surface area (Å²) < 4.78 is 0. The molecular weight excluding hydrogens is 256 g/mol. The fourth-order valence-corrected chi connectivity index (χ4v) is 3.77. The molecule has 0 spiro atoms. The molecule has 0 radical (unpaired) electrons. The van der Waals surface area contributed by atoms with E-state index in [1.807, 2.05) is 4.90 Å². The zero-order chi connectivity index (χ0) is 14.6. The molecule has 5 heteroatoms. The van der Waals surface area contributed by atoms with E-state index in [9.17, 15) is 9.59 Å². The van der Waals surface area contributed by atoms with Crippen LogP contribution in [0.4, 0.5) is 0 Å². The summed E-state index contributed by atoms with van der Waals surface area (Å²) in [6.45, 7) is 4.57. The smallest absolute Gasteiger partial charge is 0.305 e. The topological polar surface area (TPSA) is 69.6 Å². The van der Waals surface area contributed by atoms with Crippen molar-refractivity contribution in [3.05, 3.63) is 0 Å². The molecule has 2 N–H and O–H groups in total. The molecule has 2 unspecified atom stereocenters. The minimum atomic E-state index is -0.805. The van der Waals surface area contributed by atoms with Crippen LogP contribution in [0.15, 0.2) is 0 Å². The van der Waals surface area contributed by atoms with Crippen LogP contribution in [0.1, 0.15) is 51.9 Å². The predicted molar refractivity (Wildman–Crippen MR) is 76.4 cm³/mol. The van der Waals surface area contributed by atoms with E-state index in [0.717, 1.165) is 58.2 Å². The van der Waals surface area contributed by atoms with Crippen LogP contribution in [0, 0.1) is 5.41 Å². The monoisotopic (exact) mass is 282 g/mol. The van der Waals surface area contributed by atoms with E-state index in [2.05, 4.69) is 12.2 Å². The number of amides is 1. The van der Waals surface area contributed by atoms with Gasteiger partial charge < -0.3 is 15.3 Å². The third-order valence-electron chi connectivity index (χ3n) is 4.70. The Labute approximate surface area is 120 Å². The first-order chi connectivity index (χ1) is 9.59. The van der Waals surface area contributed by atoms with Gasteiger partial charge in [-0.3, -0.25) is 9.59 Å². The maximum absolute atomic E-state index is 13.0. The van der Waals surface area contributed by atoms with Crippen molar-refractivity contribution < 1.29 is 14.7 Å². The number of piperidine rings is 1. The number of aliphatic carboxylic acids is 1. The van der Waals surface area contributed by atoms with Crippen molar-refractivity contribution in [2.24, 2.45) is 5.41 Å². The molecular formula is C15H26N2O3. The lowest BCUT2D eigenvalue weighted by atomic mass is 9.75. The average molecular weight is 282 g/mol. The highest BCUT2D eigenvalue weighted by Crippen LogP contribution is 2.36. The molecule has 2 atom stereocenters. The Kier molecular flexibility index (Phi) is 5.02. The van der Waals surface area contributed by atoms with Crippen molar-refractivity contribution in [3.63, 3.8) is 0 Å². The number of nitrogens with zero attached hydrogens (tertiary/aromatic N) is 1. The minimum Gasteiger partial charge on any atom is -0.481 e. The lowest BCUT2D eigenvalue weighted by Crippen LogP contribution is -2.53. The zero-order valence-corrected chi connectivity index (χ0v) is 12.4. The standard InChI is InChI=1S/C15H26N2O3/c1-2-6-15(7-4-8-16-11-15)14(20)17-9-3-5-12(17)10-13(18)19/h12,16H,2-11H2,1H3,(H,18,19). The van der Waals surface area contributed by atoms with Gasteiger partial charge in [0.2, 0.25) is 5.91 Å². The summed E-state index contributed by atoms with van der Waals surface area (Å²) in [5.41, 5.74) is -0.298. The average Bonchev–Trinajstić information content (AvgIpc) is 2.86. The maximum Gasteiger partial charge on any atom is 0.305 e. The summed E-state index contributed by atoms with van der Waals surface area (Å²) in [5.74, 6) is -0.615. The van der Waals surface area contributed by atoms with E-state index in [4.69, 9.17) is 5.11 Å². The van der Waals surface area contributed by atoms with Crippen molar-refractivity contribution in [3.8, 4) is 0 Å². The third kappa shape index (κ3) is 3.14. The van der Waals surface area contributed by atoms with Gasteiger partial charge in [-0.25, -0.2) is 0 Å². The number of hydrogen-bond donors (Lipinski definition) is 2. The fraction of sp³-hybridized carbons (Fsp3) is 0.867. The Morgan fingerprint density at radius 1 is 1.40 bits per heavy atom. The molecule has 20 heavy (non-hydrogen) atoms. The molecule has 114 valence electrons. The first-order valence-electron chi connectivity index (χ1n) is 7.82. The number of carboxylic acids is 1. The van der Waals surface area contributed by atoms with Crippen LogP contribution in [0.25, 0.3) is 0 Å². The molecule has 2 aliphatic heterocycles. The lowest BCUT2D eigenvalue weighted by Gasteiger charge is -2.40. The summed E-state index contributed by atoms with van der Waals surface area (Å²) in [4.78, 5) is 25.8. The van der Waals surface area contributed by atoms with Crippen LogP contribution in [0.3, 0.4) is 0 Å². The molecule has 0 bridgehead atoms. The molecule has 0 aromatic heterocycles. The van der Waals surface area contributed by atoms with Gasteiger partial charge in [0, 0.05) is 19.1 Å². The first-order valence-corrected chi connectivity index (χ1v) is 7.82. The minimum absolute atomic E-state index is 0.0847. The van der Waals surface area contributed by atoms with Crippen LogP contribution in [-0.2, 0) is 9.59 Å². The third-order valence-corrected chi connectivity index (χ3v) is 4.70. The van der Waals surface area contributed by atoms with E-state index >= 15 is 0 Å². The Hall–Kier alpha value is -1.10. The Balaban J connectivity index is 2.11. The second-order valence-electron chi connectivity index (χ2n) is 6.20. The zero-order valence-electron chi connectivity index (χ0n) is 12.4. The van der Waals surface area contributed by atoms with E-state index in [1.54, 1.807) is 0 Å². The second kappa shape index (κ2) is 6.57.